The van der Waals surface area contributed by atoms with Crippen molar-refractivity contribution in [2.45, 2.75) is 30.4 Å². The molecule has 0 bridgehead atoms. The predicted octanol–water partition coefficient (Wildman–Crippen LogP) is 3.61. The van der Waals surface area contributed by atoms with Gasteiger partial charge < -0.3 is 4.74 Å². The molecule has 0 aliphatic heterocycles. The van der Waals surface area contributed by atoms with E-state index in [-0.39, 0.29) is 16.9 Å². The Morgan fingerprint density at radius 3 is 2.34 bits per heavy atom. The molecule has 152 valence electrons. The number of hydrogen-bond donors (Lipinski definition) is 1. The smallest absolute Gasteiger partial charge is 0.429 e. The van der Waals surface area contributed by atoms with Crippen molar-refractivity contribution >= 4 is 26.9 Å². The molecule has 1 aliphatic rings. The number of aromatic nitrogens is 3. The maximum Gasteiger partial charge on any atom is 0.429 e. The molecule has 0 radical (unpaired) electrons. The van der Waals surface area contributed by atoms with Gasteiger partial charge in [0.05, 0.1) is 16.3 Å². The molecule has 0 amide bonds. The normalized spacial score (nSPS) is 15.8. The number of alkyl halides is 3. The van der Waals surface area contributed by atoms with E-state index in [2.05, 4.69) is 19.7 Å². The van der Waals surface area contributed by atoms with Crippen LogP contribution < -0.4 is 9.46 Å². The van der Waals surface area contributed by atoms with Crippen LogP contribution in [-0.4, -0.2) is 34.8 Å². The van der Waals surface area contributed by atoms with Crippen molar-refractivity contribution in [3.05, 3.63) is 54.4 Å². The number of nitrogens with one attached hydrogen (secondary N) is 1. The van der Waals surface area contributed by atoms with Crippen LogP contribution in [-0.2, 0) is 10.0 Å². The lowest BCUT2D eigenvalue weighted by Gasteiger charge is -2.22. The van der Waals surface area contributed by atoms with Gasteiger partial charge in [0.25, 0.3) is 5.88 Å². The van der Waals surface area contributed by atoms with E-state index in [1.807, 2.05) is 0 Å². The highest BCUT2D eigenvalue weighted by Gasteiger charge is 2.44. The molecule has 1 unspecified atom stereocenters. The van der Waals surface area contributed by atoms with Crippen LogP contribution in [0.4, 0.5) is 19.0 Å². The van der Waals surface area contributed by atoms with Crippen molar-refractivity contribution < 1.29 is 26.3 Å². The Balaban J connectivity index is 1.79. The van der Waals surface area contributed by atoms with Gasteiger partial charge in [-0.25, -0.2) is 18.4 Å². The second-order valence-corrected chi connectivity index (χ2v) is 8.50. The molecule has 29 heavy (non-hydrogen) atoms. The molecule has 1 atom stereocenters. The van der Waals surface area contributed by atoms with Gasteiger partial charge in [-0.15, -0.1) is 0 Å². The second kappa shape index (κ2) is 7.14. The third-order valence-electron chi connectivity index (χ3n) is 4.25. The van der Waals surface area contributed by atoms with Crippen LogP contribution in [0, 0.1) is 0 Å². The van der Waals surface area contributed by atoms with E-state index < -0.39 is 33.4 Å². The fourth-order valence-electron chi connectivity index (χ4n) is 2.70. The Hall–Kier alpha value is -2.95. The lowest BCUT2D eigenvalue weighted by molar-refractivity contribution is -0.198. The quantitative estimate of drug-likeness (QED) is 0.650. The number of rotatable bonds is 6. The van der Waals surface area contributed by atoms with Gasteiger partial charge >= 0.3 is 6.18 Å². The van der Waals surface area contributed by atoms with Crippen molar-refractivity contribution in [2.24, 2.45) is 0 Å². The van der Waals surface area contributed by atoms with Gasteiger partial charge in [-0.3, -0.25) is 9.71 Å². The first kappa shape index (κ1) is 19.4. The summed E-state index contributed by atoms with van der Waals surface area (Å²) in [6.45, 7) is 0. The van der Waals surface area contributed by atoms with Gasteiger partial charge in [0, 0.05) is 18.0 Å². The zero-order chi connectivity index (χ0) is 20.6. The topological polar surface area (TPSA) is 94.1 Å². The van der Waals surface area contributed by atoms with Gasteiger partial charge in [0.2, 0.25) is 21.9 Å². The lowest BCUT2D eigenvalue weighted by Crippen LogP contribution is -2.27. The molecule has 7 nitrogen and oxygen atoms in total. The fraction of sp³-hybridized carbons (Fsp3) is 0.278. The molecule has 1 saturated carbocycles. The number of fused-ring (bicyclic) bond motifs is 1. The average molecular weight is 424 g/mol. The maximum atomic E-state index is 13.7. The van der Waals surface area contributed by atoms with Crippen LogP contribution in [0.5, 0.6) is 5.88 Å². The summed E-state index contributed by atoms with van der Waals surface area (Å²) in [7, 11) is -3.79. The van der Waals surface area contributed by atoms with E-state index in [1.165, 1.54) is 18.3 Å². The van der Waals surface area contributed by atoms with Gasteiger partial charge in [-0.2, -0.15) is 13.2 Å². The van der Waals surface area contributed by atoms with Crippen molar-refractivity contribution in [1.29, 1.82) is 0 Å². The monoisotopic (exact) mass is 424 g/mol. The molecular formula is C18H15F3N4O3S. The van der Waals surface area contributed by atoms with Crippen LogP contribution in [0.2, 0.25) is 0 Å². The minimum Gasteiger partial charge on any atom is -0.457 e. The zero-order valence-electron chi connectivity index (χ0n) is 14.8. The summed E-state index contributed by atoms with van der Waals surface area (Å²) in [4.78, 5) is 11.9. The summed E-state index contributed by atoms with van der Waals surface area (Å²) in [6.07, 6.45) is -3.86. The number of nitrogens with zero attached hydrogens (tertiary/aromatic N) is 3. The highest BCUT2D eigenvalue weighted by atomic mass is 32.2. The van der Waals surface area contributed by atoms with Crippen molar-refractivity contribution in [2.75, 3.05) is 4.72 Å². The molecule has 0 spiro atoms. The van der Waals surface area contributed by atoms with E-state index in [1.54, 1.807) is 24.3 Å². The molecule has 0 saturated heterocycles. The number of halogens is 3. The minimum atomic E-state index is -4.79. The van der Waals surface area contributed by atoms with E-state index >= 15 is 0 Å². The first-order chi connectivity index (χ1) is 13.7. The molecular weight excluding hydrogens is 409 g/mol. The van der Waals surface area contributed by atoms with Crippen molar-refractivity contribution in [1.82, 2.24) is 15.0 Å². The largest absolute Gasteiger partial charge is 0.457 e. The average Bonchev–Trinajstić information content (AvgIpc) is 3.51. The van der Waals surface area contributed by atoms with Crippen LogP contribution in [0.15, 0.2) is 48.8 Å². The molecule has 2 aromatic heterocycles. The third-order valence-corrected chi connectivity index (χ3v) is 6.08. The van der Waals surface area contributed by atoms with E-state index in [0.29, 0.717) is 18.4 Å². The molecule has 1 fully saturated rings. The number of sulfonamides is 1. The Morgan fingerprint density at radius 2 is 1.76 bits per heavy atom. The van der Waals surface area contributed by atoms with Crippen molar-refractivity contribution in [3.63, 3.8) is 0 Å². The highest BCUT2D eigenvalue weighted by molar-refractivity contribution is 7.93. The number of hydrogen-bond acceptors (Lipinski definition) is 6. The van der Waals surface area contributed by atoms with E-state index in [0.717, 1.165) is 6.20 Å². The van der Waals surface area contributed by atoms with Gasteiger partial charge in [0.1, 0.15) is 0 Å². The lowest BCUT2D eigenvalue weighted by atomic mass is 10.1. The first-order valence-corrected chi connectivity index (χ1v) is 10.2. The van der Waals surface area contributed by atoms with Crippen LogP contribution in [0.3, 0.4) is 0 Å². The number of ether oxygens (including phenoxy) is 1. The van der Waals surface area contributed by atoms with Crippen LogP contribution in [0.25, 0.3) is 11.0 Å². The third kappa shape index (κ3) is 4.24. The van der Waals surface area contributed by atoms with Gasteiger partial charge in [-0.05, 0) is 31.0 Å². The fourth-order valence-corrected chi connectivity index (χ4v) is 4.02. The number of anilines is 1. The summed E-state index contributed by atoms with van der Waals surface area (Å²) in [5.74, 6) is -0.937. The zero-order valence-corrected chi connectivity index (χ0v) is 15.6. The standard InChI is InChI=1S/C18H15F3N4O3S/c19-18(20,21)15(11-4-3-9-22-10-11)28-17-16(25-29(26,27)12-7-8-12)23-13-5-1-2-6-14(13)24-17/h1-6,9-10,12,15H,7-8H2,(H,23,25). The van der Waals surface area contributed by atoms with Crippen molar-refractivity contribution in [3.8, 4) is 5.88 Å². The van der Waals surface area contributed by atoms with E-state index in [9.17, 15) is 21.6 Å². The number of para-hydroxylation sites is 2. The summed E-state index contributed by atoms with van der Waals surface area (Å²) in [5, 5.41) is -0.597. The Morgan fingerprint density at radius 1 is 1.07 bits per heavy atom. The maximum absolute atomic E-state index is 13.7. The minimum absolute atomic E-state index is 0.244. The second-order valence-electron chi connectivity index (χ2n) is 6.54. The first-order valence-electron chi connectivity index (χ1n) is 8.66. The molecule has 3 aromatic rings. The number of pyridine rings is 1. The Bertz CT molecular complexity index is 1140. The van der Waals surface area contributed by atoms with E-state index in [4.69, 9.17) is 4.74 Å². The number of benzene rings is 1. The molecule has 11 heteroatoms. The van der Waals surface area contributed by atoms with Gasteiger partial charge in [0.15, 0.2) is 0 Å². The van der Waals surface area contributed by atoms with Gasteiger partial charge in [-0.1, -0.05) is 18.2 Å². The van der Waals surface area contributed by atoms with Crippen LogP contribution in [0.1, 0.15) is 24.5 Å². The molecule has 1 aromatic carbocycles. The highest BCUT2D eigenvalue weighted by Crippen LogP contribution is 2.39. The molecule has 1 N–H and O–H groups in total. The Labute approximate surface area is 164 Å². The summed E-state index contributed by atoms with van der Waals surface area (Å²) < 4.78 is 73.1. The summed E-state index contributed by atoms with van der Waals surface area (Å²) >= 11 is 0. The Kier molecular flexibility index (Phi) is 4.77. The molecule has 2 heterocycles. The SMILES string of the molecule is O=S(=O)(Nc1nc2ccccc2nc1OC(c1cccnc1)C(F)(F)F)C1CC1. The molecule has 1 aliphatic carbocycles. The molecule has 4 rings (SSSR count). The summed E-state index contributed by atoms with van der Waals surface area (Å²) in [6, 6.07) is 8.97. The summed E-state index contributed by atoms with van der Waals surface area (Å²) in [5.41, 5.74) is 0.341. The van der Waals surface area contributed by atoms with Crippen LogP contribution >= 0.6 is 0 Å². The predicted molar refractivity (Wildman–Crippen MR) is 98.8 cm³/mol.